The van der Waals surface area contributed by atoms with Crippen LogP contribution in [-0.4, -0.2) is 27.5 Å². The lowest BCUT2D eigenvalue weighted by molar-refractivity contribution is 0.135. The first-order chi connectivity index (χ1) is 12.2. The minimum Gasteiger partial charge on any atom is -0.330 e. The van der Waals surface area contributed by atoms with Crippen LogP contribution >= 0.6 is 0 Å². The maximum Gasteiger partial charge on any atom is 0.126 e. The minimum atomic E-state index is 0.370. The van der Waals surface area contributed by atoms with E-state index in [-0.39, 0.29) is 0 Å². The lowest BCUT2D eigenvalue weighted by Crippen LogP contribution is -2.37. The average molecular weight is 333 g/mol. The molecular formula is C22H27N3. The number of para-hydroxylation sites is 2. The van der Waals surface area contributed by atoms with Gasteiger partial charge in [-0.25, -0.2) is 4.98 Å². The molecule has 3 nitrogen and oxygen atoms in total. The number of likely N-dealkylation sites (tertiary alicyclic amines) is 1. The van der Waals surface area contributed by atoms with Gasteiger partial charge < -0.3 is 4.57 Å². The maximum atomic E-state index is 4.90. The molecule has 1 aliphatic rings. The molecular weight excluding hydrogens is 306 g/mol. The van der Waals surface area contributed by atoms with E-state index in [1.807, 2.05) is 0 Å². The molecule has 1 saturated heterocycles. The number of piperidine rings is 1. The first-order valence-electron chi connectivity index (χ1n) is 9.41. The van der Waals surface area contributed by atoms with E-state index in [0.29, 0.717) is 6.04 Å². The highest BCUT2D eigenvalue weighted by Gasteiger charge is 2.26. The Morgan fingerprint density at radius 1 is 1.00 bits per heavy atom. The monoisotopic (exact) mass is 333 g/mol. The van der Waals surface area contributed by atoms with Crippen LogP contribution in [0.5, 0.6) is 0 Å². The standard InChI is InChI=1S/C22H27N3/c1-17(22-23-20-10-6-7-11-21(20)24(22)2)25-14-12-19(13-15-25)16-18-8-4-3-5-9-18/h3-11,17,19H,12-16H2,1-2H3. The molecule has 0 saturated carbocycles. The molecule has 0 radical (unpaired) electrons. The number of hydrogen-bond donors (Lipinski definition) is 0. The lowest BCUT2D eigenvalue weighted by atomic mass is 9.89. The molecule has 2 heterocycles. The SMILES string of the molecule is CC(c1nc2ccccc2n1C)N1CCC(Cc2ccccc2)CC1. The van der Waals surface area contributed by atoms with Crippen LogP contribution < -0.4 is 0 Å². The van der Waals surface area contributed by atoms with E-state index in [1.54, 1.807) is 0 Å². The Morgan fingerprint density at radius 2 is 1.68 bits per heavy atom. The fourth-order valence-corrected chi connectivity index (χ4v) is 4.19. The van der Waals surface area contributed by atoms with Crippen molar-refractivity contribution in [3.8, 4) is 0 Å². The number of rotatable bonds is 4. The normalized spacial score (nSPS) is 17.8. The molecule has 2 aromatic carbocycles. The van der Waals surface area contributed by atoms with E-state index < -0.39 is 0 Å². The quantitative estimate of drug-likeness (QED) is 0.696. The second-order valence-electron chi connectivity index (χ2n) is 7.36. The van der Waals surface area contributed by atoms with Crippen molar-refractivity contribution in [1.82, 2.24) is 14.5 Å². The Balaban J connectivity index is 1.42. The smallest absolute Gasteiger partial charge is 0.126 e. The summed E-state index contributed by atoms with van der Waals surface area (Å²) in [5.74, 6) is 1.99. The summed E-state index contributed by atoms with van der Waals surface area (Å²) in [6, 6.07) is 19.7. The van der Waals surface area contributed by atoms with Crippen LogP contribution in [0, 0.1) is 5.92 Å². The van der Waals surface area contributed by atoms with Gasteiger partial charge in [-0.1, -0.05) is 42.5 Å². The van der Waals surface area contributed by atoms with Crippen LogP contribution in [0.1, 0.15) is 37.2 Å². The van der Waals surface area contributed by atoms with Crippen molar-refractivity contribution in [2.75, 3.05) is 13.1 Å². The highest BCUT2D eigenvalue weighted by molar-refractivity contribution is 5.75. The third-order valence-electron chi connectivity index (χ3n) is 5.76. The Labute approximate surface area is 150 Å². The molecule has 3 heteroatoms. The largest absolute Gasteiger partial charge is 0.330 e. The summed E-state index contributed by atoms with van der Waals surface area (Å²) in [6.07, 6.45) is 3.78. The average Bonchev–Trinajstić information content (AvgIpc) is 3.00. The van der Waals surface area contributed by atoms with Gasteiger partial charge in [-0.05, 0) is 62.9 Å². The van der Waals surface area contributed by atoms with Crippen molar-refractivity contribution in [2.24, 2.45) is 13.0 Å². The number of aryl methyl sites for hydroxylation is 1. The maximum absolute atomic E-state index is 4.90. The van der Waals surface area contributed by atoms with Gasteiger partial charge in [0.1, 0.15) is 5.82 Å². The van der Waals surface area contributed by atoms with Gasteiger partial charge in [0, 0.05) is 7.05 Å². The molecule has 3 aromatic rings. The van der Waals surface area contributed by atoms with Crippen LogP contribution in [0.3, 0.4) is 0 Å². The highest BCUT2D eigenvalue weighted by Crippen LogP contribution is 2.29. The third-order valence-corrected chi connectivity index (χ3v) is 5.76. The van der Waals surface area contributed by atoms with Gasteiger partial charge >= 0.3 is 0 Å². The van der Waals surface area contributed by atoms with Crippen molar-refractivity contribution >= 4 is 11.0 Å². The summed E-state index contributed by atoms with van der Waals surface area (Å²) < 4.78 is 2.26. The van der Waals surface area contributed by atoms with Gasteiger partial charge in [0.25, 0.3) is 0 Å². The molecule has 1 aromatic heterocycles. The second-order valence-corrected chi connectivity index (χ2v) is 7.36. The van der Waals surface area contributed by atoms with Gasteiger partial charge in [-0.3, -0.25) is 4.90 Å². The first-order valence-corrected chi connectivity index (χ1v) is 9.41. The molecule has 4 rings (SSSR count). The van der Waals surface area contributed by atoms with Crippen LogP contribution in [-0.2, 0) is 13.5 Å². The van der Waals surface area contributed by atoms with Crippen molar-refractivity contribution in [3.63, 3.8) is 0 Å². The molecule has 0 amide bonds. The van der Waals surface area contributed by atoms with Crippen molar-refractivity contribution in [3.05, 3.63) is 66.0 Å². The summed E-state index contributed by atoms with van der Waals surface area (Å²) in [5.41, 5.74) is 3.80. The van der Waals surface area contributed by atoms with Gasteiger partial charge in [-0.2, -0.15) is 0 Å². The fraction of sp³-hybridized carbons (Fsp3) is 0.409. The molecule has 1 fully saturated rings. The fourth-order valence-electron chi connectivity index (χ4n) is 4.19. The zero-order valence-corrected chi connectivity index (χ0v) is 15.2. The molecule has 1 atom stereocenters. The number of imidazole rings is 1. The van der Waals surface area contributed by atoms with E-state index in [2.05, 4.69) is 78.0 Å². The predicted molar refractivity (Wildman–Crippen MR) is 104 cm³/mol. The number of benzene rings is 2. The summed E-state index contributed by atoms with van der Waals surface area (Å²) >= 11 is 0. The van der Waals surface area contributed by atoms with E-state index in [0.717, 1.165) is 11.4 Å². The summed E-state index contributed by atoms with van der Waals surface area (Å²) in [7, 11) is 2.14. The van der Waals surface area contributed by atoms with Crippen LogP contribution in [0.2, 0.25) is 0 Å². The van der Waals surface area contributed by atoms with Crippen molar-refractivity contribution < 1.29 is 0 Å². The van der Waals surface area contributed by atoms with Crippen LogP contribution in [0.4, 0.5) is 0 Å². The molecule has 0 spiro atoms. The Bertz CT molecular complexity index is 829. The number of fused-ring (bicyclic) bond motifs is 1. The topological polar surface area (TPSA) is 21.1 Å². The van der Waals surface area contributed by atoms with Gasteiger partial charge in [0.05, 0.1) is 17.1 Å². The van der Waals surface area contributed by atoms with Crippen molar-refractivity contribution in [1.29, 1.82) is 0 Å². The Hall–Kier alpha value is -2.13. The van der Waals surface area contributed by atoms with Crippen LogP contribution in [0.25, 0.3) is 11.0 Å². The van der Waals surface area contributed by atoms with Crippen LogP contribution in [0.15, 0.2) is 54.6 Å². The molecule has 130 valence electrons. The van der Waals surface area contributed by atoms with E-state index in [4.69, 9.17) is 4.98 Å². The molecule has 0 aliphatic carbocycles. The molecule has 1 aliphatic heterocycles. The Morgan fingerprint density at radius 3 is 2.40 bits per heavy atom. The summed E-state index contributed by atoms with van der Waals surface area (Å²) in [4.78, 5) is 7.50. The van der Waals surface area contributed by atoms with E-state index >= 15 is 0 Å². The van der Waals surface area contributed by atoms with Gasteiger partial charge in [0.15, 0.2) is 0 Å². The number of aromatic nitrogens is 2. The zero-order chi connectivity index (χ0) is 17.2. The molecule has 0 N–H and O–H groups in total. The molecule has 1 unspecified atom stereocenters. The third kappa shape index (κ3) is 3.34. The predicted octanol–water partition coefficient (Wildman–Crippen LogP) is 4.59. The minimum absolute atomic E-state index is 0.370. The zero-order valence-electron chi connectivity index (χ0n) is 15.2. The molecule has 25 heavy (non-hydrogen) atoms. The highest BCUT2D eigenvalue weighted by atomic mass is 15.2. The van der Waals surface area contributed by atoms with Gasteiger partial charge in [0.2, 0.25) is 0 Å². The molecule has 0 bridgehead atoms. The summed E-state index contributed by atoms with van der Waals surface area (Å²) in [6.45, 7) is 4.64. The van der Waals surface area contributed by atoms with E-state index in [9.17, 15) is 0 Å². The number of hydrogen-bond acceptors (Lipinski definition) is 2. The van der Waals surface area contributed by atoms with Gasteiger partial charge in [-0.15, -0.1) is 0 Å². The number of nitrogens with zero attached hydrogens (tertiary/aromatic N) is 3. The summed E-state index contributed by atoms with van der Waals surface area (Å²) in [5, 5.41) is 0. The van der Waals surface area contributed by atoms with Crippen molar-refractivity contribution in [2.45, 2.75) is 32.2 Å². The second kappa shape index (κ2) is 7.01. The van der Waals surface area contributed by atoms with E-state index in [1.165, 1.54) is 49.3 Å². The lowest BCUT2D eigenvalue weighted by Gasteiger charge is -2.35. The first kappa shape index (κ1) is 16.3. The Kier molecular flexibility index (Phi) is 4.58.